The summed E-state index contributed by atoms with van der Waals surface area (Å²) in [5.74, 6) is 1.39. The molecular weight excluding hydrogens is 264 g/mol. The minimum Gasteiger partial charge on any atom is -0.387 e. The molecular formula is C13H17BrN2. The number of aliphatic imine (C=N–C) groups is 1. The van der Waals surface area contributed by atoms with Gasteiger partial charge in [0.15, 0.2) is 0 Å². The Bertz CT molecular complexity index is 364. The normalized spacial score (nSPS) is 17.9. The van der Waals surface area contributed by atoms with Gasteiger partial charge in [0.2, 0.25) is 0 Å². The molecule has 0 heterocycles. The van der Waals surface area contributed by atoms with Crippen LogP contribution in [0.15, 0.2) is 33.7 Å². The molecule has 0 atom stereocenters. The van der Waals surface area contributed by atoms with Crippen molar-refractivity contribution in [1.29, 1.82) is 0 Å². The summed E-state index contributed by atoms with van der Waals surface area (Å²) < 4.78 is 1.10. The highest BCUT2D eigenvalue weighted by Gasteiger charge is 2.17. The summed E-state index contributed by atoms with van der Waals surface area (Å²) in [6.45, 7) is 0.704. The van der Waals surface area contributed by atoms with Gasteiger partial charge in [-0.15, -0.1) is 0 Å². The van der Waals surface area contributed by atoms with Crippen LogP contribution in [0.4, 0.5) is 0 Å². The second-order valence-corrected chi connectivity index (χ2v) is 5.26. The lowest BCUT2D eigenvalue weighted by atomic mass is 10.1. The van der Waals surface area contributed by atoms with E-state index in [1.807, 2.05) is 12.1 Å². The second kappa shape index (κ2) is 5.48. The number of rotatable bonds is 3. The topological polar surface area (TPSA) is 38.4 Å². The van der Waals surface area contributed by atoms with Crippen LogP contribution in [0.5, 0.6) is 0 Å². The van der Waals surface area contributed by atoms with E-state index in [1.54, 1.807) is 0 Å². The molecule has 2 nitrogen and oxygen atoms in total. The van der Waals surface area contributed by atoms with Gasteiger partial charge in [0, 0.05) is 10.4 Å². The summed E-state index contributed by atoms with van der Waals surface area (Å²) in [6, 6.07) is 8.23. The molecule has 16 heavy (non-hydrogen) atoms. The van der Waals surface area contributed by atoms with Crippen molar-refractivity contribution in [2.45, 2.75) is 32.2 Å². The van der Waals surface area contributed by atoms with E-state index in [0.29, 0.717) is 12.5 Å². The third kappa shape index (κ3) is 3.08. The van der Waals surface area contributed by atoms with Crippen molar-refractivity contribution >= 4 is 21.8 Å². The number of hydrogen-bond acceptors (Lipinski definition) is 1. The van der Waals surface area contributed by atoms with Crippen molar-refractivity contribution < 1.29 is 0 Å². The number of halogens is 1. The standard InChI is InChI=1S/C13H17BrN2/c14-12-7-5-10(6-8-12)9-16-13(15)11-3-1-2-4-11/h5-8,11H,1-4,9H2,(H2,15,16). The summed E-state index contributed by atoms with van der Waals surface area (Å²) in [7, 11) is 0. The first-order chi connectivity index (χ1) is 7.75. The monoisotopic (exact) mass is 280 g/mol. The van der Waals surface area contributed by atoms with E-state index in [0.717, 1.165) is 10.3 Å². The molecule has 0 aliphatic heterocycles. The maximum atomic E-state index is 6.00. The summed E-state index contributed by atoms with van der Waals surface area (Å²) >= 11 is 3.42. The molecule has 1 aliphatic carbocycles. The van der Waals surface area contributed by atoms with Gasteiger partial charge in [-0.1, -0.05) is 40.9 Å². The van der Waals surface area contributed by atoms with Crippen LogP contribution in [-0.2, 0) is 6.54 Å². The summed E-state index contributed by atoms with van der Waals surface area (Å²) in [5, 5.41) is 0. The van der Waals surface area contributed by atoms with Crippen LogP contribution in [0, 0.1) is 5.92 Å². The average molecular weight is 281 g/mol. The number of benzene rings is 1. The molecule has 0 amide bonds. The molecule has 0 radical (unpaired) electrons. The third-order valence-electron chi connectivity index (χ3n) is 3.13. The van der Waals surface area contributed by atoms with Gasteiger partial charge in [-0.05, 0) is 30.5 Å². The molecule has 2 N–H and O–H groups in total. The third-order valence-corrected chi connectivity index (χ3v) is 3.66. The Labute approximate surface area is 105 Å². The Balaban J connectivity index is 1.94. The van der Waals surface area contributed by atoms with E-state index in [4.69, 9.17) is 5.73 Å². The molecule has 0 unspecified atom stereocenters. The molecule has 0 saturated heterocycles. The van der Waals surface area contributed by atoms with Crippen LogP contribution in [0.3, 0.4) is 0 Å². The van der Waals surface area contributed by atoms with Gasteiger partial charge in [0.1, 0.15) is 0 Å². The summed E-state index contributed by atoms with van der Waals surface area (Å²) in [4.78, 5) is 4.49. The molecule has 1 aromatic carbocycles. The molecule has 86 valence electrons. The van der Waals surface area contributed by atoms with E-state index in [2.05, 4.69) is 33.1 Å². The first-order valence-electron chi connectivity index (χ1n) is 5.80. The Hall–Kier alpha value is -0.830. The first kappa shape index (κ1) is 11.6. The van der Waals surface area contributed by atoms with Crippen molar-refractivity contribution in [3.63, 3.8) is 0 Å². The zero-order valence-electron chi connectivity index (χ0n) is 9.32. The molecule has 1 aliphatic rings. The maximum absolute atomic E-state index is 6.00. The van der Waals surface area contributed by atoms with Crippen LogP contribution in [0.25, 0.3) is 0 Å². The van der Waals surface area contributed by atoms with Crippen LogP contribution in [0.2, 0.25) is 0 Å². The van der Waals surface area contributed by atoms with E-state index in [-0.39, 0.29) is 0 Å². The highest BCUT2D eigenvalue weighted by atomic mass is 79.9. The quantitative estimate of drug-likeness (QED) is 0.668. The van der Waals surface area contributed by atoms with E-state index >= 15 is 0 Å². The zero-order chi connectivity index (χ0) is 11.4. The Morgan fingerprint density at radius 2 is 1.88 bits per heavy atom. The SMILES string of the molecule is NC(=NCc1ccc(Br)cc1)C1CCCC1. The minimum absolute atomic E-state index is 0.537. The number of nitrogens with two attached hydrogens (primary N) is 1. The van der Waals surface area contributed by atoms with Crippen molar-refractivity contribution in [2.75, 3.05) is 0 Å². The molecule has 1 fully saturated rings. The summed E-state index contributed by atoms with van der Waals surface area (Å²) in [5.41, 5.74) is 7.21. The predicted octanol–water partition coefficient (Wildman–Crippen LogP) is 3.50. The van der Waals surface area contributed by atoms with Gasteiger partial charge in [0.25, 0.3) is 0 Å². The van der Waals surface area contributed by atoms with Crippen molar-refractivity contribution in [3.8, 4) is 0 Å². The van der Waals surface area contributed by atoms with Crippen LogP contribution < -0.4 is 5.73 Å². The number of hydrogen-bond donors (Lipinski definition) is 1. The fourth-order valence-electron chi connectivity index (χ4n) is 2.12. The van der Waals surface area contributed by atoms with Crippen LogP contribution >= 0.6 is 15.9 Å². The maximum Gasteiger partial charge on any atom is 0.0972 e. The highest BCUT2D eigenvalue weighted by molar-refractivity contribution is 9.10. The Morgan fingerprint density at radius 1 is 1.25 bits per heavy atom. The van der Waals surface area contributed by atoms with Gasteiger partial charge in [0.05, 0.1) is 12.4 Å². The Kier molecular flexibility index (Phi) is 3.99. The zero-order valence-corrected chi connectivity index (χ0v) is 10.9. The lowest BCUT2D eigenvalue weighted by Crippen LogP contribution is -2.21. The minimum atomic E-state index is 0.537. The molecule has 0 spiro atoms. The lowest BCUT2D eigenvalue weighted by molar-refractivity contribution is 0.715. The highest BCUT2D eigenvalue weighted by Crippen LogP contribution is 2.24. The van der Waals surface area contributed by atoms with Gasteiger partial charge in [-0.25, -0.2) is 0 Å². The van der Waals surface area contributed by atoms with Crippen LogP contribution in [0.1, 0.15) is 31.2 Å². The molecule has 3 heteroatoms. The molecule has 1 saturated carbocycles. The van der Waals surface area contributed by atoms with E-state index in [1.165, 1.54) is 31.2 Å². The fraction of sp³-hybridized carbons (Fsp3) is 0.462. The molecule has 0 bridgehead atoms. The molecule has 0 aromatic heterocycles. The van der Waals surface area contributed by atoms with Gasteiger partial charge in [-0.2, -0.15) is 0 Å². The largest absolute Gasteiger partial charge is 0.387 e. The van der Waals surface area contributed by atoms with E-state index in [9.17, 15) is 0 Å². The smallest absolute Gasteiger partial charge is 0.0972 e. The Morgan fingerprint density at radius 3 is 2.50 bits per heavy atom. The van der Waals surface area contributed by atoms with Crippen molar-refractivity contribution in [1.82, 2.24) is 0 Å². The molecule has 2 rings (SSSR count). The van der Waals surface area contributed by atoms with E-state index < -0.39 is 0 Å². The van der Waals surface area contributed by atoms with Crippen LogP contribution in [-0.4, -0.2) is 5.84 Å². The number of amidine groups is 1. The average Bonchev–Trinajstić information content (AvgIpc) is 2.81. The predicted molar refractivity (Wildman–Crippen MR) is 71.4 cm³/mol. The van der Waals surface area contributed by atoms with Gasteiger partial charge < -0.3 is 5.73 Å². The summed E-state index contributed by atoms with van der Waals surface area (Å²) in [6.07, 6.45) is 5.05. The number of nitrogens with zero attached hydrogens (tertiary/aromatic N) is 1. The second-order valence-electron chi connectivity index (χ2n) is 4.35. The van der Waals surface area contributed by atoms with Crippen molar-refractivity contribution in [2.24, 2.45) is 16.6 Å². The van der Waals surface area contributed by atoms with Gasteiger partial charge in [-0.3, -0.25) is 4.99 Å². The lowest BCUT2D eigenvalue weighted by Gasteiger charge is -2.08. The first-order valence-corrected chi connectivity index (χ1v) is 6.59. The van der Waals surface area contributed by atoms with Gasteiger partial charge >= 0.3 is 0 Å². The van der Waals surface area contributed by atoms with Crippen molar-refractivity contribution in [3.05, 3.63) is 34.3 Å². The fourth-order valence-corrected chi connectivity index (χ4v) is 2.39. The molecule has 1 aromatic rings.